The number of hydrogen-bond donors (Lipinski definition) is 0. The second-order valence-electron chi connectivity index (χ2n) is 2.65. The van der Waals surface area contributed by atoms with Crippen molar-refractivity contribution in [2.45, 2.75) is 13.3 Å². The largest absolute Gasteiger partial charge is 0.454 e. The van der Waals surface area contributed by atoms with Crippen molar-refractivity contribution in [2.24, 2.45) is 0 Å². The molecule has 0 N–H and O–H groups in total. The van der Waals surface area contributed by atoms with E-state index in [0.29, 0.717) is 6.79 Å². The van der Waals surface area contributed by atoms with E-state index in [0.717, 1.165) is 17.9 Å². The van der Waals surface area contributed by atoms with Crippen LogP contribution in [0.3, 0.4) is 0 Å². The molecule has 0 fully saturated rings. The predicted molar refractivity (Wildman–Crippen MR) is 54.7 cm³/mol. The summed E-state index contributed by atoms with van der Waals surface area (Å²) in [6.45, 7) is 2.50. The third kappa shape index (κ3) is 1.26. The van der Waals surface area contributed by atoms with Crippen molar-refractivity contribution in [2.75, 3.05) is 6.79 Å². The highest BCUT2D eigenvalue weighted by atomic mass is 127. The van der Waals surface area contributed by atoms with Crippen LogP contribution in [0.15, 0.2) is 12.1 Å². The molecule has 64 valence electrons. The number of benzene rings is 1. The second kappa shape index (κ2) is 3.12. The first-order chi connectivity index (χ1) is 5.81. The standard InChI is InChI=1S/C9H9IO2/c1-2-6-3-8-9(4-7(6)10)12-5-11-8/h3-4H,2,5H2,1H3. The van der Waals surface area contributed by atoms with Crippen molar-refractivity contribution in [3.05, 3.63) is 21.3 Å². The van der Waals surface area contributed by atoms with Gasteiger partial charge in [-0.05, 0) is 46.7 Å². The molecule has 2 nitrogen and oxygen atoms in total. The summed E-state index contributed by atoms with van der Waals surface area (Å²) in [6, 6.07) is 4.09. The van der Waals surface area contributed by atoms with Gasteiger partial charge < -0.3 is 9.47 Å². The molecule has 2 rings (SSSR count). The number of aryl methyl sites for hydroxylation is 1. The highest BCUT2D eigenvalue weighted by Gasteiger charge is 2.14. The maximum absolute atomic E-state index is 5.27. The zero-order chi connectivity index (χ0) is 8.55. The monoisotopic (exact) mass is 276 g/mol. The lowest BCUT2D eigenvalue weighted by Gasteiger charge is -2.02. The van der Waals surface area contributed by atoms with Crippen LogP contribution in [0.1, 0.15) is 12.5 Å². The van der Waals surface area contributed by atoms with E-state index >= 15 is 0 Å². The fourth-order valence-corrected chi connectivity index (χ4v) is 2.05. The Labute approximate surface area is 85.0 Å². The Balaban J connectivity index is 2.49. The van der Waals surface area contributed by atoms with Gasteiger partial charge in [-0.2, -0.15) is 0 Å². The fraction of sp³-hybridized carbons (Fsp3) is 0.333. The lowest BCUT2D eigenvalue weighted by Crippen LogP contribution is -1.92. The molecule has 1 heterocycles. The molecule has 0 unspecified atom stereocenters. The van der Waals surface area contributed by atoms with Crippen molar-refractivity contribution in [1.29, 1.82) is 0 Å². The Kier molecular flexibility index (Phi) is 2.12. The highest BCUT2D eigenvalue weighted by molar-refractivity contribution is 14.1. The van der Waals surface area contributed by atoms with Crippen LogP contribution in [0.4, 0.5) is 0 Å². The molecule has 0 amide bonds. The summed E-state index contributed by atoms with van der Waals surface area (Å²) < 4.78 is 11.8. The maximum atomic E-state index is 5.27. The fourth-order valence-electron chi connectivity index (χ4n) is 1.23. The Hall–Kier alpha value is -0.450. The summed E-state index contributed by atoms with van der Waals surface area (Å²) in [6.07, 6.45) is 1.04. The van der Waals surface area contributed by atoms with Crippen LogP contribution in [0, 0.1) is 3.57 Å². The van der Waals surface area contributed by atoms with Crippen LogP contribution in [-0.2, 0) is 6.42 Å². The van der Waals surface area contributed by atoms with E-state index < -0.39 is 0 Å². The molecule has 1 aromatic carbocycles. The number of rotatable bonds is 1. The molecule has 0 bridgehead atoms. The molecule has 3 heteroatoms. The van der Waals surface area contributed by atoms with Gasteiger partial charge in [-0.25, -0.2) is 0 Å². The zero-order valence-corrected chi connectivity index (χ0v) is 8.92. The maximum Gasteiger partial charge on any atom is 0.231 e. The van der Waals surface area contributed by atoms with Gasteiger partial charge in [0.2, 0.25) is 6.79 Å². The molecule has 0 aliphatic carbocycles. The minimum Gasteiger partial charge on any atom is -0.454 e. The van der Waals surface area contributed by atoms with Gasteiger partial charge >= 0.3 is 0 Å². The van der Waals surface area contributed by atoms with Gasteiger partial charge in [-0.3, -0.25) is 0 Å². The third-order valence-electron chi connectivity index (χ3n) is 1.92. The van der Waals surface area contributed by atoms with Crippen molar-refractivity contribution in [3.8, 4) is 11.5 Å². The summed E-state index contributed by atoms with van der Waals surface area (Å²) in [4.78, 5) is 0. The van der Waals surface area contributed by atoms with Gasteiger partial charge in [-0.1, -0.05) is 6.92 Å². The molecule has 0 saturated heterocycles. The summed E-state index contributed by atoms with van der Waals surface area (Å²) in [5.41, 5.74) is 1.32. The van der Waals surface area contributed by atoms with Gasteiger partial charge in [0.1, 0.15) is 0 Å². The van der Waals surface area contributed by atoms with Crippen LogP contribution >= 0.6 is 22.6 Å². The first-order valence-electron chi connectivity index (χ1n) is 3.89. The van der Waals surface area contributed by atoms with Gasteiger partial charge in [0.25, 0.3) is 0 Å². The van der Waals surface area contributed by atoms with Crippen molar-refractivity contribution in [1.82, 2.24) is 0 Å². The van der Waals surface area contributed by atoms with E-state index in [1.54, 1.807) is 0 Å². The van der Waals surface area contributed by atoms with Crippen LogP contribution < -0.4 is 9.47 Å². The molecular weight excluding hydrogens is 267 g/mol. The van der Waals surface area contributed by atoms with Crippen LogP contribution in [-0.4, -0.2) is 6.79 Å². The number of ether oxygens (including phenoxy) is 2. The summed E-state index contributed by atoms with van der Waals surface area (Å²) in [7, 11) is 0. The molecule has 0 spiro atoms. The van der Waals surface area contributed by atoms with E-state index in [-0.39, 0.29) is 0 Å². The molecule has 0 atom stereocenters. The van der Waals surface area contributed by atoms with Crippen molar-refractivity contribution < 1.29 is 9.47 Å². The minimum atomic E-state index is 0.360. The Bertz CT molecular complexity index is 309. The molecule has 12 heavy (non-hydrogen) atoms. The summed E-state index contributed by atoms with van der Waals surface area (Å²) in [5.74, 6) is 1.75. The van der Waals surface area contributed by atoms with Crippen LogP contribution in [0.5, 0.6) is 11.5 Å². The predicted octanol–water partition coefficient (Wildman–Crippen LogP) is 2.58. The summed E-state index contributed by atoms with van der Waals surface area (Å²) in [5, 5.41) is 0. The second-order valence-corrected chi connectivity index (χ2v) is 3.81. The number of halogens is 1. The van der Waals surface area contributed by atoms with Crippen LogP contribution in [0.25, 0.3) is 0 Å². The Morgan fingerprint density at radius 1 is 1.33 bits per heavy atom. The topological polar surface area (TPSA) is 18.5 Å². The Morgan fingerprint density at radius 2 is 2.00 bits per heavy atom. The van der Waals surface area contributed by atoms with Gasteiger partial charge in [0.05, 0.1) is 0 Å². The normalized spacial score (nSPS) is 13.5. The lowest BCUT2D eigenvalue weighted by atomic mass is 10.1. The van der Waals surface area contributed by atoms with E-state index in [1.165, 1.54) is 9.13 Å². The average molecular weight is 276 g/mol. The first-order valence-corrected chi connectivity index (χ1v) is 4.97. The molecule has 1 aromatic rings. The SMILES string of the molecule is CCc1cc2c(cc1I)OCO2. The Morgan fingerprint density at radius 3 is 2.67 bits per heavy atom. The molecule has 1 aliphatic heterocycles. The van der Waals surface area contributed by atoms with Gasteiger partial charge in [0.15, 0.2) is 11.5 Å². The average Bonchev–Trinajstić information content (AvgIpc) is 2.49. The first kappa shape index (κ1) is 8.16. The van der Waals surface area contributed by atoms with Gasteiger partial charge in [-0.15, -0.1) is 0 Å². The third-order valence-corrected chi connectivity index (χ3v) is 2.93. The smallest absolute Gasteiger partial charge is 0.231 e. The van der Waals surface area contributed by atoms with E-state index in [9.17, 15) is 0 Å². The lowest BCUT2D eigenvalue weighted by molar-refractivity contribution is 0.174. The van der Waals surface area contributed by atoms with E-state index in [2.05, 4.69) is 35.6 Å². The molecule has 0 aromatic heterocycles. The van der Waals surface area contributed by atoms with Crippen LogP contribution in [0.2, 0.25) is 0 Å². The summed E-state index contributed by atoms with van der Waals surface area (Å²) >= 11 is 2.32. The molecule has 0 saturated carbocycles. The highest BCUT2D eigenvalue weighted by Crippen LogP contribution is 2.35. The zero-order valence-electron chi connectivity index (χ0n) is 6.76. The quantitative estimate of drug-likeness (QED) is 0.734. The van der Waals surface area contributed by atoms with Gasteiger partial charge in [0, 0.05) is 3.57 Å². The van der Waals surface area contributed by atoms with Crippen molar-refractivity contribution >= 4 is 22.6 Å². The molecule has 1 aliphatic rings. The molecule has 0 radical (unpaired) electrons. The number of fused-ring (bicyclic) bond motifs is 1. The van der Waals surface area contributed by atoms with E-state index in [4.69, 9.17) is 9.47 Å². The molecular formula is C9H9IO2. The van der Waals surface area contributed by atoms with E-state index in [1.807, 2.05) is 6.07 Å². The van der Waals surface area contributed by atoms with Crippen molar-refractivity contribution in [3.63, 3.8) is 0 Å². The number of hydrogen-bond acceptors (Lipinski definition) is 2. The minimum absolute atomic E-state index is 0.360.